The van der Waals surface area contributed by atoms with Gasteiger partial charge in [-0.2, -0.15) is 0 Å². The topological polar surface area (TPSA) is 121 Å². The zero-order valence-electron chi connectivity index (χ0n) is 20.9. The van der Waals surface area contributed by atoms with Crippen molar-refractivity contribution in [1.29, 1.82) is 0 Å². The number of fused-ring (bicyclic) bond motifs is 1. The molecule has 5 aromatic rings. The summed E-state index contributed by atoms with van der Waals surface area (Å²) in [7, 11) is 0. The number of H-pyrrole nitrogens is 1. The Labute approximate surface area is 226 Å². The van der Waals surface area contributed by atoms with Crippen molar-refractivity contribution in [2.45, 2.75) is 18.9 Å². The zero-order chi connectivity index (χ0) is 28.4. The molecule has 5 N–H and O–H groups in total. The Morgan fingerprint density at radius 1 is 1.00 bits per heavy atom. The number of primary amides is 1. The monoisotopic (exact) mass is 544 g/mol. The number of carbonyl (C=O) groups excluding carboxylic acids is 2. The molecule has 0 saturated carbocycles. The number of carbonyl (C=O) groups is 2. The second-order valence-corrected chi connectivity index (χ2v) is 9.32. The van der Waals surface area contributed by atoms with Crippen molar-refractivity contribution in [3.63, 3.8) is 0 Å². The molecule has 0 saturated heterocycles. The number of benzene rings is 3. The van der Waals surface area contributed by atoms with Crippen LogP contribution in [0.2, 0.25) is 0 Å². The lowest BCUT2D eigenvalue weighted by molar-refractivity contribution is -0.121. The summed E-state index contributed by atoms with van der Waals surface area (Å²) in [4.78, 5) is 32.6. The maximum atomic E-state index is 14.2. The number of aromatic hydroxyl groups is 1. The molecule has 5 rings (SSSR count). The molecule has 0 bridgehead atoms. The van der Waals surface area contributed by atoms with Gasteiger partial charge in [0.2, 0.25) is 5.91 Å². The van der Waals surface area contributed by atoms with E-state index in [1.54, 1.807) is 30.5 Å². The summed E-state index contributed by atoms with van der Waals surface area (Å²) < 4.78 is 42.2. The largest absolute Gasteiger partial charge is 0.508 e. The third-order valence-corrected chi connectivity index (χ3v) is 6.51. The summed E-state index contributed by atoms with van der Waals surface area (Å²) in [5, 5.41) is 13.5. The molecule has 0 spiro atoms. The second kappa shape index (κ2) is 10.9. The minimum atomic E-state index is -0.949. The Kier molecular flexibility index (Phi) is 7.24. The molecule has 7 nitrogen and oxygen atoms in total. The van der Waals surface area contributed by atoms with Crippen molar-refractivity contribution in [1.82, 2.24) is 15.3 Å². The molecule has 2 aromatic heterocycles. The Morgan fingerprint density at radius 2 is 1.77 bits per heavy atom. The number of rotatable bonds is 8. The van der Waals surface area contributed by atoms with Crippen LogP contribution in [0.25, 0.3) is 22.0 Å². The number of nitrogens with two attached hydrogens (primary N) is 1. The number of nitrogens with one attached hydrogen (secondary N) is 2. The summed E-state index contributed by atoms with van der Waals surface area (Å²) in [6.07, 6.45) is 3.06. The van der Waals surface area contributed by atoms with Gasteiger partial charge in [-0.3, -0.25) is 14.6 Å². The highest BCUT2D eigenvalue weighted by Gasteiger charge is 2.23. The molecule has 1 atom stereocenters. The average Bonchev–Trinajstić information content (AvgIpc) is 3.29. The Morgan fingerprint density at radius 3 is 2.52 bits per heavy atom. The van der Waals surface area contributed by atoms with Gasteiger partial charge in [0.05, 0.1) is 23.7 Å². The highest BCUT2D eigenvalue weighted by Crippen LogP contribution is 2.31. The van der Waals surface area contributed by atoms with Crippen LogP contribution in [0.3, 0.4) is 0 Å². The molecule has 0 radical (unpaired) electrons. The van der Waals surface area contributed by atoms with E-state index in [2.05, 4.69) is 15.3 Å². The van der Waals surface area contributed by atoms with E-state index < -0.39 is 35.3 Å². The highest BCUT2D eigenvalue weighted by molar-refractivity contribution is 5.94. The molecule has 0 fully saturated rings. The molecule has 2 heterocycles. The van der Waals surface area contributed by atoms with Crippen LogP contribution in [-0.4, -0.2) is 26.9 Å². The van der Waals surface area contributed by atoms with E-state index in [-0.39, 0.29) is 29.7 Å². The number of aromatic amines is 1. The maximum Gasteiger partial charge on any atom is 0.251 e. The van der Waals surface area contributed by atoms with E-state index in [0.29, 0.717) is 27.8 Å². The summed E-state index contributed by atoms with van der Waals surface area (Å²) >= 11 is 0. The first-order chi connectivity index (χ1) is 19.2. The lowest BCUT2D eigenvalue weighted by atomic mass is 9.94. The fourth-order valence-corrected chi connectivity index (χ4v) is 4.73. The quantitative estimate of drug-likeness (QED) is 0.217. The Hall–Kier alpha value is -5.12. The fraction of sp³-hybridized carbons (Fsp3) is 0.100. The van der Waals surface area contributed by atoms with E-state index in [1.807, 2.05) is 0 Å². The lowest BCUT2D eigenvalue weighted by Crippen LogP contribution is -2.32. The first-order valence-electron chi connectivity index (χ1n) is 12.3. The van der Waals surface area contributed by atoms with Crippen LogP contribution in [0.1, 0.15) is 33.2 Å². The van der Waals surface area contributed by atoms with Crippen molar-refractivity contribution >= 4 is 22.7 Å². The molecule has 0 aliphatic rings. The molecule has 3 aromatic carbocycles. The number of nitrogens with zero attached hydrogens (tertiary/aromatic N) is 1. The summed E-state index contributed by atoms with van der Waals surface area (Å²) in [5.74, 6) is -3.65. The number of phenolic OH excluding ortho intramolecular Hbond substituents is 1. The molecular weight excluding hydrogens is 521 g/mol. The van der Waals surface area contributed by atoms with Crippen LogP contribution in [0.4, 0.5) is 13.2 Å². The van der Waals surface area contributed by atoms with Crippen LogP contribution in [-0.2, 0) is 17.6 Å². The van der Waals surface area contributed by atoms with Gasteiger partial charge in [0.1, 0.15) is 23.2 Å². The van der Waals surface area contributed by atoms with Gasteiger partial charge in [-0.05, 0) is 71.6 Å². The number of hydrogen-bond donors (Lipinski definition) is 4. The van der Waals surface area contributed by atoms with Crippen LogP contribution in [0.15, 0.2) is 79.1 Å². The molecule has 10 heteroatoms. The molecule has 202 valence electrons. The third kappa shape index (κ3) is 5.65. The summed E-state index contributed by atoms with van der Waals surface area (Å²) in [5.41, 5.74) is 7.86. The smallest absolute Gasteiger partial charge is 0.251 e. The third-order valence-electron chi connectivity index (χ3n) is 6.51. The van der Waals surface area contributed by atoms with E-state index >= 15 is 0 Å². The molecule has 40 heavy (non-hydrogen) atoms. The summed E-state index contributed by atoms with van der Waals surface area (Å²) in [6.45, 7) is 0. The number of amides is 2. The number of phenols is 1. The van der Waals surface area contributed by atoms with E-state index in [4.69, 9.17) is 5.73 Å². The van der Waals surface area contributed by atoms with Crippen molar-refractivity contribution in [2.75, 3.05) is 0 Å². The van der Waals surface area contributed by atoms with Crippen LogP contribution in [0.5, 0.6) is 5.75 Å². The number of hydrogen-bond acceptors (Lipinski definition) is 4. The normalized spacial score (nSPS) is 11.9. The van der Waals surface area contributed by atoms with Gasteiger partial charge >= 0.3 is 0 Å². The van der Waals surface area contributed by atoms with Gasteiger partial charge in [0, 0.05) is 34.9 Å². The number of pyridine rings is 1. The van der Waals surface area contributed by atoms with Gasteiger partial charge in [-0.25, -0.2) is 13.2 Å². The minimum absolute atomic E-state index is 0.0248. The van der Waals surface area contributed by atoms with Crippen LogP contribution in [0, 0.1) is 17.5 Å². The summed E-state index contributed by atoms with van der Waals surface area (Å²) in [6, 6.07) is 14.1. The zero-order valence-corrected chi connectivity index (χ0v) is 20.9. The minimum Gasteiger partial charge on any atom is -0.508 e. The first-order valence-corrected chi connectivity index (χ1v) is 12.3. The van der Waals surface area contributed by atoms with Gasteiger partial charge in [0.25, 0.3) is 5.91 Å². The second-order valence-electron chi connectivity index (χ2n) is 9.32. The van der Waals surface area contributed by atoms with Crippen molar-refractivity contribution in [3.8, 4) is 16.9 Å². The molecular formula is C30H23F3N4O3. The molecule has 0 aliphatic heterocycles. The van der Waals surface area contributed by atoms with Gasteiger partial charge in [-0.1, -0.05) is 12.1 Å². The van der Waals surface area contributed by atoms with Gasteiger partial charge < -0.3 is 21.1 Å². The maximum absolute atomic E-state index is 14.2. The number of aromatic nitrogens is 2. The van der Waals surface area contributed by atoms with Crippen molar-refractivity contribution in [2.24, 2.45) is 5.73 Å². The van der Waals surface area contributed by atoms with Crippen LogP contribution >= 0.6 is 0 Å². The predicted octanol–water partition coefficient (Wildman–Crippen LogP) is 5.09. The molecule has 1 unspecified atom stereocenters. The fourth-order valence-electron chi connectivity index (χ4n) is 4.73. The first kappa shape index (κ1) is 26.5. The molecule has 0 aliphatic carbocycles. The number of halogens is 3. The highest BCUT2D eigenvalue weighted by atomic mass is 19.1. The Balaban J connectivity index is 1.53. The van der Waals surface area contributed by atoms with E-state index in [1.165, 1.54) is 24.4 Å². The van der Waals surface area contributed by atoms with E-state index in [9.17, 15) is 27.9 Å². The standard InChI is InChI=1S/C30H23F3N4O3/c31-19-8-16(9-20(32)13-19)10-27(37-28(39)12-18-15-36-26-6-4-21(38)14-23(18)26)29-22(2-1-7-35-29)17-3-5-25(33)24(11-17)30(34)40/h1-9,11,13-15,27,36,38H,10,12H2,(H2,34,40)(H,37,39). The SMILES string of the molecule is NC(=O)c1cc(-c2cccnc2C(Cc2cc(F)cc(F)c2)NC(=O)Cc2c[nH]c3ccc(O)cc23)ccc1F. The van der Waals surface area contributed by atoms with Crippen molar-refractivity contribution < 1.29 is 27.9 Å². The van der Waals surface area contributed by atoms with Gasteiger partial charge in [0.15, 0.2) is 0 Å². The predicted molar refractivity (Wildman–Crippen MR) is 143 cm³/mol. The van der Waals surface area contributed by atoms with Crippen molar-refractivity contribution in [3.05, 3.63) is 119 Å². The Bertz CT molecular complexity index is 1730. The average molecular weight is 545 g/mol. The lowest BCUT2D eigenvalue weighted by Gasteiger charge is -2.22. The van der Waals surface area contributed by atoms with E-state index in [0.717, 1.165) is 29.8 Å². The molecule has 2 amide bonds. The van der Waals surface area contributed by atoms with Gasteiger partial charge in [-0.15, -0.1) is 0 Å². The van der Waals surface area contributed by atoms with Crippen LogP contribution < -0.4 is 11.1 Å².